The summed E-state index contributed by atoms with van der Waals surface area (Å²) in [6, 6.07) is 9.83. The second kappa shape index (κ2) is 16.4. The first-order valence-corrected chi connectivity index (χ1v) is 23.6. The van der Waals surface area contributed by atoms with Gasteiger partial charge in [0.05, 0.1) is 39.8 Å². The number of carbonyl (C=O) groups excluding carboxylic acids is 2. The van der Waals surface area contributed by atoms with Gasteiger partial charge in [-0.3, -0.25) is 24.2 Å². The van der Waals surface area contributed by atoms with Gasteiger partial charge in [0.1, 0.15) is 0 Å². The van der Waals surface area contributed by atoms with E-state index in [1.165, 1.54) is 44.6 Å². The summed E-state index contributed by atoms with van der Waals surface area (Å²) in [5.41, 5.74) is 5.04. The normalized spacial score (nSPS) is 27.2. The van der Waals surface area contributed by atoms with Crippen LogP contribution in [-0.2, 0) is 49.6 Å². The van der Waals surface area contributed by atoms with Crippen molar-refractivity contribution in [2.45, 2.75) is 103 Å². The summed E-state index contributed by atoms with van der Waals surface area (Å²) in [6.07, 6.45) is 14.4. The summed E-state index contributed by atoms with van der Waals surface area (Å²) >= 11 is 6.93. The maximum atomic E-state index is 16.4. The van der Waals surface area contributed by atoms with Crippen molar-refractivity contribution in [2.24, 2.45) is 35.8 Å². The first kappa shape index (κ1) is 43.3. The molecule has 0 unspecified atom stereocenters. The molecule has 13 nitrogen and oxygen atoms in total. The topological polar surface area (TPSA) is 147 Å². The lowest BCUT2D eigenvalue weighted by Crippen LogP contribution is -2.34. The molecule has 2 aromatic heterocycles. The van der Waals surface area contributed by atoms with E-state index in [9.17, 15) is 19.5 Å². The van der Waals surface area contributed by atoms with E-state index >= 15 is 4.39 Å². The summed E-state index contributed by atoms with van der Waals surface area (Å²) in [5.74, 6) is -1.71. The molecule has 2 aliphatic heterocycles. The molecule has 4 fully saturated rings. The number of amides is 2. The summed E-state index contributed by atoms with van der Waals surface area (Å²) in [7, 11) is 5.52. The number of rotatable bonds is 14. The number of benzene rings is 2. The van der Waals surface area contributed by atoms with Crippen molar-refractivity contribution in [3.05, 3.63) is 81.7 Å². The fourth-order valence-corrected chi connectivity index (χ4v) is 13.3. The molecule has 10 rings (SSSR count). The molecule has 0 atom stereocenters. The van der Waals surface area contributed by atoms with Crippen LogP contribution in [0.5, 0.6) is 0 Å². The molecule has 4 heterocycles. The minimum absolute atomic E-state index is 0.000300. The molecule has 15 heteroatoms. The van der Waals surface area contributed by atoms with Gasteiger partial charge in [0.2, 0.25) is 0 Å². The number of carboxylic acid groups (broad SMARTS) is 1. The Morgan fingerprint density at radius 3 is 1.78 bits per heavy atom. The molecule has 0 radical (unpaired) electrons. The third-order valence-corrected chi connectivity index (χ3v) is 17.2. The summed E-state index contributed by atoms with van der Waals surface area (Å²) in [6.45, 7) is 5.81. The Morgan fingerprint density at radius 2 is 1.23 bits per heavy atom. The molecule has 3 N–H and O–H groups in total. The van der Waals surface area contributed by atoms with Crippen molar-refractivity contribution in [3.63, 3.8) is 0 Å². The molecule has 0 spiro atoms. The lowest BCUT2D eigenvalue weighted by molar-refractivity contribution is -0.148. The van der Waals surface area contributed by atoms with Crippen molar-refractivity contribution >= 4 is 40.8 Å². The van der Waals surface area contributed by atoms with Gasteiger partial charge in [-0.1, -0.05) is 35.9 Å². The Balaban J connectivity index is 0.776. The number of aliphatic carboxylic acids is 1. The minimum Gasteiger partial charge on any atom is -0.481 e. The second-order valence-corrected chi connectivity index (χ2v) is 20.8. The van der Waals surface area contributed by atoms with Crippen LogP contribution in [0.4, 0.5) is 15.8 Å². The fourth-order valence-electron chi connectivity index (χ4n) is 13.0. The lowest BCUT2D eigenvalue weighted by atomic mass is 9.80. The highest BCUT2D eigenvalue weighted by Gasteiger charge is 2.58. The van der Waals surface area contributed by atoms with Gasteiger partial charge in [-0.05, 0) is 119 Å². The van der Waals surface area contributed by atoms with Crippen LogP contribution in [0.15, 0.2) is 36.4 Å². The third kappa shape index (κ3) is 7.55. The number of carboxylic acids is 1. The molecule has 4 bridgehead atoms. The smallest absolute Gasteiger partial charge is 0.309 e. The highest BCUT2D eigenvalue weighted by Crippen LogP contribution is 2.64. The number of anilines is 2. The van der Waals surface area contributed by atoms with E-state index in [0.29, 0.717) is 35.2 Å². The quantitative estimate of drug-likeness (QED) is 0.114. The van der Waals surface area contributed by atoms with Crippen molar-refractivity contribution < 1.29 is 28.6 Å². The molecule has 64 heavy (non-hydrogen) atoms. The van der Waals surface area contributed by atoms with Gasteiger partial charge in [0.15, 0.2) is 17.5 Å². The van der Waals surface area contributed by atoms with Gasteiger partial charge < -0.3 is 29.6 Å². The maximum Gasteiger partial charge on any atom is 0.309 e. The monoisotopic (exact) mass is 894 g/mol. The number of aromatic nitrogens is 4. The van der Waals surface area contributed by atoms with Crippen molar-refractivity contribution in [1.82, 2.24) is 28.9 Å². The molecule has 4 saturated carbocycles. The standard InChI is InChI=1S/C49H60ClFN8O5/c1-56-37-11-23-59(25-21-47-16-18-49(29-47,19-17-47)45(62)63)27-35(37)52-41(56)43(60)54-33-8-4-6-31(39(33)50)32-7-5-9-34(40(32)51)55-44(61)42-53-36-26-58(22-10-38(36)57(42)2)24-20-46-12-14-48(28-46,15-13-46)30-64-3/h4-9H,10-30H2,1-3H3,(H,54,60)(H,55,61)(H,62,63). The molecule has 2 amide bonds. The Morgan fingerprint density at radius 1 is 0.734 bits per heavy atom. The first-order chi connectivity index (χ1) is 30.7. The molecule has 4 aliphatic carbocycles. The number of imidazole rings is 2. The van der Waals surface area contributed by atoms with Crippen LogP contribution >= 0.6 is 11.6 Å². The predicted octanol–water partition coefficient (Wildman–Crippen LogP) is 8.25. The maximum absolute atomic E-state index is 16.4. The van der Waals surface area contributed by atoms with Gasteiger partial charge in [-0.15, -0.1) is 0 Å². The van der Waals surface area contributed by atoms with Gasteiger partial charge in [0, 0.05) is 82.7 Å². The van der Waals surface area contributed by atoms with E-state index in [0.717, 1.165) is 107 Å². The second-order valence-electron chi connectivity index (χ2n) is 20.4. The molecule has 2 aromatic carbocycles. The van der Waals surface area contributed by atoms with Crippen LogP contribution in [0.25, 0.3) is 11.1 Å². The van der Waals surface area contributed by atoms with E-state index in [2.05, 4.69) is 20.4 Å². The lowest BCUT2D eigenvalue weighted by Gasteiger charge is -2.32. The van der Waals surface area contributed by atoms with Crippen LogP contribution in [0.2, 0.25) is 5.02 Å². The number of hydrogen-bond acceptors (Lipinski definition) is 8. The van der Waals surface area contributed by atoms with Crippen molar-refractivity contribution in [3.8, 4) is 11.1 Å². The first-order valence-electron chi connectivity index (χ1n) is 23.2. The highest BCUT2D eigenvalue weighted by molar-refractivity contribution is 6.36. The SMILES string of the molecule is COCC12CCC(CCN3CCc4c(nc(C(=O)Nc5cccc(-c6cccc(NC(=O)c7nc8c(n7C)CCN(CCC79CCC(C(=O)O)(CC7)C9)C8)c6Cl)c5F)n4C)C3)(CC1)C2. The molecule has 0 saturated heterocycles. The summed E-state index contributed by atoms with van der Waals surface area (Å²) in [5, 5.41) is 15.7. The average molecular weight is 896 g/mol. The van der Waals surface area contributed by atoms with Crippen LogP contribution in [0, 0.1) is 27.5 Å². The average Bonchev–Trinajstić information content (AvgIpc) is 4.15. The molecule has 4 aromatic rings. The zero-order valence-electron chi connectivity index (χ0n) is 37.3. The van der Waals surface area contributed by atoms with Gasteiger partial charge in [-0.2, -0.15) is 0 Å². The Bertz CT molecular complexity index is 2520. The Kier molecular flexibility index (Phi) is 11.1. The third-order valence-electron chi connectivity index (χ3n) is 16.8. The summed E-state index contributed by atoms with van der Waals surface area (Å²) in [4.78, 5) is 53.9. The fraction of sp³-hybridized carbons (Fsp3) is 0.571. The zero-order valence-corrected chi connectivity index (χ0v) is 38.1. The number of ether oxygens (including phenoxy) is 1. The molecule has 340 valence electrons. The van der Waals surface area contributed by atoms with Gasteiger partial charge >= 0.3 is 5.97 Å². The van der Waals surface area contributed by atoms with Gasteiger partial charge in [-0.25, -0.2) is 14.4 Å². The number of nitrogens with one attached hydrogen (secondary N) is 2. The number of halogens is 2. The number of methoxy groups -OCH3 is 1. The number of carbonyl (C=O) groups is 3. The minimum atomic E-state index is -0.651. The van der Waals surface area contributed by atoms with Crippen molar-refractivity contribution in [1.29, 1.82) is 0 Å². The molecular weight excluding hydrogens is 835 g/mol. The van der Waals surface area contributed by atoms with Crippen LogP contribution in [0.1, 0.15) is 121 Å². The number of fused-ring (bicyclic) bond motifs is 6. The highest BCUT2D eigenvalue weighted by atomic mass is 35.5. The predicted molar refractivity (Wildman–Crippen MR) is 242 cm³/mol. The van der Waals surface area contributed by atoms with Crippen LogP contribution in [-0.4, -0.2) is 91.7 Å². The van der Waals surface area contributed by atoms with E-state index in [1.807, 2.05) is 30.3 Å². The zero-order chi connectivity index (χ0) is 44.6. The number of nitrogens with zero attached hydrogens (tertiary/aromatic N) is 6. The van der Waals surface area contributed by atoms with E-state index in [4.69, 9.17) is 26.3 Å². The van der Waals surface area contributed by atoms with E-state index in [-0.39, 0.29) is 33.3 Å². The van der Waals surface area contributed by atoms with Gasteiger partial charge in [0.25, 0.3) is 11.8 Å². The molecular formula is C49H60ClFN8O5. The molecule has 6 aliphatic rings. The number of hydrogen-bond donors (Lipinski definition) is 3. The van der Waals surface area contributed by atoms with Crippen LogP contribution in [0.3, 0.4) is 0 Å². The Hall–Kier alpha value is -4.63. The van der Waals surface area contributed by atoms with E-state index < -0.39 is 29.0 Å². The Labute approximate surface area is 379 Å². The van der Waals surface area contributed by atoms with Crippen molar-refractivity contribution in [2.75, 3.05) is 50.5 Å². The van der Waals surface area contributed by atoms with E-state index in [1.54, 1.807) is 30.3 Å². The van der Waals surface area contributed by atoms with Crippen LogP contribution < -0.4 is 10.6 Å². The summed E-state index contributed by atoms with van der Waals surface area (Å²) < 4.78 is 25.7. The largest absolute Gasteiger partial charge is 0.481 e.